The first-order valence-electron chi connectivity index (χ1n) is 7.80. The van der Waals surface area contributed by atoms with E-state index in [0.29, 0.717) is 5.69 Å². The van der Waals surface area contributed by atoms with Crippen molar-refractivity contribution < 1.29 is 29.5 Å². The smallest absolute Gasteiger partial charge is 1.00 e. The van der Waals surface area contributed by atoms with Gasteiger partial charge in [-0.15, -0.1) is 6.07 Å². The van der Waals surface area contributed by atoms with E-state index >= 15 is 0 Å². The maximum absolute atomic E-state index is 4.51. The molecule has 0 spiro atoms. The Bertz CT molecular complexity index is 836. The van der Waals surface area contributed by atoms with Crippen molar-refractivity contribution in [3.05, 3.63) is 89.2 Å². The summed E-state index contributed by atoms with van der Waals surface area (Å²) in [5.74, 6) is 0. The second kappa shape index (κ2) is 10.7. The van der Waals surface area contributed by atoms with Gasteiger partial charge in [0.25, 0.3) is 0 Å². The molecule has 0 aliphatic carbocycles. The quantitative estimate of drug-likeness (QED) is 0.373. The van der Waals surface area contributed by atoms with Gasteiger partial charge < -0.3 is 17.4 Å². The molecule has 0 N–H and O–H groups in total. The normalized spacial score (nSPS) is 10.5. The third-order valence-electron chi connectivity index (χ3n) is 3.63. The van der Waals surface area contributed by atoms with Crippen LogP contribution in [0.3, 0.4) is 0 Å². The summed E-state index contributed by atoms with van der Waals surface area (Å²) in [4.78, 5) is 13.5. The number of benzene rings is 2. The Kier molecular flexibility index (Phi) is 8.94. The number of halogens is 1. The molecule has 0 unspecified atom stereocenters. The molecule has 0 saturated heterocycles. The molecule has 0 aliphatic heterocycles. The second-order valence-corrected chi connectivity index (χ2v) is 5.49. The molecule has 1 heterocycles. The van der Waals surface area contributed by atoms with E-state index in [9.17, 15) is 0 Å². The van der Waals surface area contributed by atoms with Gasteiger partial charge in [0.1, 0.15) is 0 Å². The number of para-hydroxylation sites is 2. The molecular formula is C21H18ClFeN3. The standard InChI is InChI=1S/C21H18N3.ClH.Fe/c1-16-8-3-5-12-20(16)22-14-18-10-7-11-19(24-18)15-23-21-13-6-4-9-17(21)2;;/h3-10,12-15H,1-2H3;1H;/q-1;;+2/p-1. The maximum atomic E-state index is 4.51. The molecule has 0 bridgehead atoms. The van der Waals surface area contributed by atoms with E-state index in [0.717, 1.165) is 28.2 Å². The van der Waals surface area contributed by atoms with Crippen molar-refractivity contribution in [2.75, 3.05) is 0 Å². The van der Waals surface area contributed by atoms with Gasteiger partial charge in [0.2, 0.25) is 0 Å². The molecule has 1 aromatic heterocycles. The van der Waals surface area contributed by atoms with Gasteiger partial charge in [-0.2, -0.15) is 12.1 Å². The topological polar surface area (TPSA) is 37.6 Å². The van der Waals surface area contributed by atoms with E-state index in [4.69, 9.17) is 0 Å². The molecule has 5 heteroatoms. The van der Waals surface area contributed by atoms with Crippen LogP contribution in [0.2, 0.25) is 0 Å². The number of pyridine rings is 1. The van der Waals surface area contributed by atoms with Crippen LogP contribution in [0.1, 0.15) is 22.5 Å². The minimum absolute atomic E-state index is 0. The molecule has 0 saturated carbocycles. The number of hydrogen-bond donors (Lipinski definition) is 0. The van der Waals surface area contributed by atoms with Gasteiger partial charge in [0.15, 0.2) is 0 Å². The third-order valence-corrected chi connectivity index (χ3v) is 3.63. The Labute approximate surface area is 171 Å². The van der Waals surface area contributed by atoms with Crippen LogP contribution in [0.15, 0.2) is 70.6 Å². The van der Waals surface area contributed by atoms with Gasteiger partial charge in [0.05, 0.1) is 11.4 Å². The first kappa shape index (κ1) is 21.8. The van der Waals surface area contributed by atoms with Gasteiger partial charge in [0, 0.05) is 11.9 Å². The van der Waals surface area contributed by atoms with Crippen LogP contribution in [0.25, 0.3) is 0 Å². The number of nitrogens with zero attached hydrogens (tertiary/aromatic N) is 3. The fourth-order valence-corrected chi connectivity index (χ4v) is 2.24. The van der Waals surface area contributed by atoms with Crippen LogP contribution in [-0.4, -0.2) is 17.4 Å². The van der Waals surface area contributed by atoms with Crippen LogP contribution < -0.4 is 12.4 Å². The minimum Gasteiger partial charge on any atom is -1.00 e. The maximum Gasteiger partial charge on any atom is 2.00 e. The van der Waals surface area contributed by atoms with Gasteiger partial charge in [-0.05, 0) is 49.0 Å². The summed E-state index contributed by atoms with van der Waals surface area (Å²) >= 11 is 0. The van der Waals surface area contributed by atoms with E-state index in [-0.39, 0.29) is 29.5 Å². The molecule has 0 amide bonds. The summed E-state index contributed by atoms with van der Waals surface area (Å²) < 4.78 is 0. The van der Waals surface area contributed by atoms with Crippen LogP contribution in [-0.2, 0) is 17.1 Å². The van der Waals surface area contributed by atoms with E-state index in [1.807, 2.05) is 74.5 Å². The first-order valence-corrected chi connectivity index (χ1v) is 7.80. The molecule has 3 nitrogen and oxygen atoms in total. The molecule has 3 rings (SSSR count). The zero-order valence-electron chi connectivity index (χ0n) is 14.5. The molecule has 0 radical (unpaired) electrons. The molecule has 132 valence electrons. The molecule has 0 aliphatic rings. The van der Waals surface area contributed by atoms with Gasteiger partial charge in [-0.3, -0.25) is 9.98 Å². The monoisotopic (exact) mass is 403 g/mol. The van der Waals surface area contributed by atoms with E-state index < -0.39 is 0 Å². The number of aryl methyl sites for hydroxylation is 2. The average molecular weight is 404 g/mol. The van der Waals surface area contributed by atoms with Crippen molar-refractivity contribution in [2.24, 2.45) is 9.98 Å². The summed E-state index contributed by atoms with van der Waals surface area (Å²) in [5.41, 5.74) is 5.62. The number of aromatic nitrogens is 1. The summed E-state index contributed by atoms with van der Waals surface area (Å²) in [6.45, 7) is 4.08. The summed E-state index contributed by atoms with van der Waals surface area (Å²) in [6.07, 6.45) is 3.49. The number of hydrogen-bond acceptors (Lipinski definition) is 3. The van der Waals surface area contributed by atoms with Crippen molar-refractivity contribution in [2.45, 2.75) is 13.8 Å². The van der Waals surface area contributed by atoms with Gasteiger partial charge in [-0.1, -0.05) is 36.4 Å². The fraction of sp³-hybridized carbons (Fsp3) is 0.0952. The van der Waals surface area contributed by atoms with Crippen molar-refractivity contribution >= 4 is 23.8 Å². The minimum atomic E-state index is 0. The zero-order valence-corrected chi connectivity index (χ0v) is 16.4. The molecule has 26 heavy (non-hydrogen) atoms. The zero-order chi connectivity index (χ0) is 16.8. The Morgan fingerprint density at radius 3 is 1.92 bits per heavy atom. The molecular weight excluding hydrogens is 386 g/mol. The van der Waals surface area contributed by atoms with Crippen LogP contribution in [0.5, 0.6) is 0 Å². The SMILES string of the molecule is Cc1ccccc1N=Cc1[c-]ccc(C=Nc2ccccc2C)n1.[Cl-].[Fe+2]. The Balaban J connectivity index is 0.00000169. The van der Waals surface area contributed by atoms with Gasteiger partial charge in [-0.25, -0.2) is 0 Å². The van der Waals surface area contributed by atoms with E-state index in [1.165, 1.54) is 0 Å². The molecule has 2 aromatic carbocycles. The van der Waals surface area contributed by atoms with Crippen LogP contribution >= 0.6 is 0 Å². The molecule has 0 atom stereocenters. The second-order valence-electron chi connectivity index (χ2n) is 5.49. The molecule has 3 aromatic rings. The van der Waals surface area contributed by atoms with E-state index in [2.05, 4.69) is 21.0 Å². The summed E-state index contributed by atoms with van der Waals surface area (Å²) in [5, 5.41) is 0. The predicted octanol–water partition coefficient (Wildman–Crippen LogP) is 2.00. The average Bonchev–Trinajstić information content (AvgIpc) is 2.61. The van der Waals surface area contributed by atoms with E-state index in [1.54, 1.807) is 12.4 Å². The van der Waals surface area contributed by atoms with Gasteiger partial charge >= 0.3 is 17.1 Å². The van der Waals surface area contributed by atoms with Crippen LogP contribution in [0.4, 0.5) is 11.4 Å². The summed E-state index contributed by atoms with van der Waals surface area (Å²) in [7, 11) is 0. The largest absolute Gasteiger partial charge is 2.00 e. The van der Waals surface area contributed by atoms with Crippen molar-refractivity contribution in [1.82, 2.24) is 4.98 Å². The van der Waals surface area contributed by atoms with Crippen molar-refractivity contribution in [1.29, 1.82) is 0 Å². The van der Waals surface area contributed by atoms with Crippen LogP contribution in [0, 0.1) is 19.9 Å². The summed E-state index contributed by atoms with van der Waals surface area (Å²) in [6, 6.07) is 22.8. The predicted molar refractivity (Wildman–Crippen MR) is 99.9 cm³/mol. The Hall–Kier alpha value is -2.26. The number of rotatable bonds is 4. The first-order chi connectivity index (χ1) is 11.7. The van der Waals surface area contributed by atoms with Crippen molar-refractivity contribution in [3.8, 4) is 0 Å². The van der Waals surface area contributed by atoms with Crippen molar-refractivity contribution in [3.63, 3.8) is 0 Å². The Morgan fingerprint density at radius 1 is 0.808 bits per heavy atom. The third kappa shape index (κ3) is 5.92. The fourth-order valence-electron chi connectivity index (χ4n) is 2.24. The Morgan fingerprint density at radius 2 is 1.35 bits per heavy atom. The number of aliphatic imine (C=N–C) groups is 2. The molecule has 0 fully saturated rings.